The number of hydrogen-bond donors (Lipinski definition) is 3. The first-order chi connectivity index (χ1) is 18.4. The number of nitrogens with one attached hydrogen (secondary N) is 2. The van der Waals surface area contributed by atoms with Gasteiger partial charge in [-0.3, -0.25) is 9.52 Å². The van der Waals surface area contributed by atoms with Crippen LogP contribution in [0.2, 0.25) is 0 Å². The van der Waals surface area contributed by atoms with Crippen molar-refractivity contribution in [3.63, 3.8) is 0 Å². The van der Waals surface area contributed by atoms with Gasteiger partial charge < -0.3 is 15.5 Å². The molecule has 9 nitrogen and oxygen atoms in total. The fourth-order valence-corrected chi connectivity index (χ4v) is 4.42. The molecule has 0 bridgehead atoms. The van der Waals surface area contributed by atoms with Crippen molar-refractivity contribution in [2.45, 2.75) is 0 Å². The fourth-order valence-electron chi connectivity index (χ4n) is 3.87. The van der Waals surface area contributed by atoms with Gasteiger partial charge in [0.1, 0.15) is 23.1 Å². The number of nitrogens with zero attached hydrogens (tertiary/aromatic N) is 2. The minimum atomic E-state index is -3.76. The number of hydrogen-bond acceptors (Lipinski definition) is 6. The summed E-state index contributed by atoms with van der Waals surface area (Å²) in [5.74, 6) is -5.59. The number of halogens is 4. The van der Waals surface area contributed by atoms with Gasteiger partial charge in [-0.25, -0.2) is 30.7 Å². The molecule has 2 heterocycles. The Morgan fingerprint density at radius 2 is 1.69 bits per heavy atom. The molecule has 0 radical (unpaired) electrons. The van der Waals surface area contributed by atoms with Crippen molar-refractivity contribution < 1.29 is 35.5 Å². The topological polar surface area (TPSA) is 132 Å². The van der Waals surface area contributed by atoms with E-state index in [1.165, 1.54) is 30.3 Å². The van der Waals surface area contributed by atoms with Crippen LogP contribution in [0.25, 0.3) is 16.6 Å². The number of nitrogens with two attached hydrogens (primary N) is 1. The van der Waals surface area contributed by atoms with Gasteiger partial charge in [0.05, 0.1) is 29.4 Å². The van der Waals surface area contributed by atoms with Crippen molar-refractivity contribution in [3.05, 3.63) is 95.3 Å². The number of aromatic nitrogens is 3. The van der Waals surface area contributed by atoms with Gasteiger partial charge in [0, 0.05) is 23.0 Å². The number of anilines is 2. The van der Waals surface area contributed by atoms with Gasteiger partial charge in [0.15, 0.2) is 23.2 Å². The Hall–Kier alpha value is -4.85. The third-order valence-corrected chi connectivity index (χ3v) is 6.16. The molecule has 0 saturated carbocycles. The summed E-state index contributed by atoms with van der Waals surface area (Å²) in [5, 5.41) is 4.10. The summed E-state index contributed by atoms with van der Waals surface area (Å²) in [5.41, 5.74) is 4.93. The molecular formula is C25H17F4N5O4S. The molecule has 0 fully saturated rings. The van der Waals surface area contributed by atoms with Crippen LogP contribution in [0.4, 0.5) is 29.1 Å². The number of nitrogen functional groups attached to an aromatic ring is 1. The lowest BCUT2D eigenvalue weighted by atomic mass is 10.1. The second kappa shape index (κ2) is 9.47. The first-order valence-electron chi connectivity index (χ1n) is 11.0. The van der Waals surface area contributed by atoms with Crippen LogP contribution in [-0.4, -0.2) is 35.2 Å². The lowest BCUT2D eigenvalue weighted by molar-refractivity contribution is 0.103. The SMILES string of the molecule is CS(=O)(=O)Nc1cc2[nH]c(C(=O)c3cnn(-c4c(F)cc(Oc5ccccc5F)cc4F)c3N)cc2cc1F. The smallest absolute Gasteiger partial charge is 0.229 e. The zero-order valence-corrected chi connectivity index (χ0v) is 20.6. The van der Waals surface area contributed by atoms with E-state index < -0.39 is 50.6 Å². The summed E-state index contributed by atoms with van der Waals surface area (Å²) < 4.78 is 88.9. The van der Waals surface area contributed by atoms with Crippen molar-refractivity contribution in [2.24, 2.45) is 0 Å². The maximum atomic E-state index is 14.9. The molecule has 0 atom stereocenters. The van der Waals surface area contributed by atoms with Crippen molar-refractivity contribution >= 4 is 38.2 Å². The van der Waals surface area contributed by atoms with Gasteiger partial charge >= 0.3 is 0 Å². The largest absolute Gasteiger partial charge is 0.454 e. The third kappa shape index (κ3) is 5.01. The van der Waals surface area contributed by atoms with E-state index in [4.69, 9.17) is 10.5 Å². The Bertz CT molecular complexity index is 1860. The molecule has 0 aliphatic heterocycles. The number of fused-ring (bicyclic) bond motifs is 1. The number of benzene rings is 3. The molecule has 200 valence electrons. The van der Waals surface area contributed by atoms with Crippen LogP contribution >= 0.6 is 0 Å². The van der Waals surface area contributed by atoms with Crippen LogP contribution < -0.4 is 15.2 Å². The molecule has 0 saturated heterocycles. The molecule has 39 heavy (non-hydrogen) atoms. The lowest BCUT2D eigenvalue weighted by Gasteiger charge is -2.11. The van der Waals surface area contributed by atoms with Crippen LogP contribution in [0.15, 0.2) is 60.8 Å². The molecule has 0 aliphatic carbocycles. The zero-order chi connectivity index (χ0) is 28.1. The first kappa shape index (κ1) is 25.8. The second-order valence-electron chi connectivity index (χ2n) is 8.43. The van der Waals surface area contributed by atoms with E-state index in [-0.39, 0.29) is 39.3 Å². The van der Waals surface area contributed by atoms with Gasteiger partial charge in [-0.05, 0) is 30.3 Å². The van der Waals surface area contributed by atoms with Crippen molar-refractivity contribution in [1.29, 1.82) is 0 Å². The van der Waals surface area contributed by atoms with E-state index >= 15 is 0 Å². The van der Waals surface area contributed by atoms with E-state index in [1.807, 2.05) is 4.72 Å². The predicted molar refractivity (Wildman–Crippen MR) is 135 cm³/mol. The van der Waals surface area contributed by atoms with Crippen LogP contribution in [0.5, 0.6) is 11.5 Å². The maximum absolute atomic E-state index is 14.9. The van der Waals surface area contributed by atoms with Gasteiger partial charge in [-0.2, -0.15) is 5.10 Å². The van der Waals surface area contributed by atoms with Crippen molar-refractivity contribution in [1.82, 2.24) is 14.8 Å². The molecular weight excluding hydrogens is 542 g/mol. The highest BCUT2D eigenvalue weighted by atomic mass is 32.2. The fraction of sp³-hybridized carbons (Fsp3) is 0.0400. The maximum Gasteiger partial charge on any atom is 0.229 e. The first-order valence-corrected chi connectivity index (χ1v) is 12.9. The Labute approximate surface area is 217 Å². The normalized spacial score (nSPS) is 11.6. The van der Waals surface area contributed by atoms with Crippen LogP contribution in [0, 0.1) is 23.3 Å². The lowest BCUT2D eigenvalue weighted by Crippen LogP contribution is -2.10. The number of ketones is 1. The highest BCUT2D eigenvalue weighted by Crippen LogP contribution is 2.31. The predicted octanol–water partition coefficient (Wildman–Crippen LogP) is 4.89. The molecule has 0 spiro atoms. The van der Waals surface area contributed by atoms with Crippen molar-refractivity contribution in [3.8, 4) is 17.2 Å². The molecule has 4 N–H and O–H groups in total. The molecule has 5 aromatic rings. The number of H-pyrrole nitrogens is 1. The van der Waals surface area contributed by atoms with Gasteiger partial charge in [0.25, 0.3) is 0 Å². The number of carbonyl (C=O) groups excluding carboxylic acids is 1. The third-order valence-electron chi connectivity index (χ3n) is 5.57. The molecule has 0 amide bonds. The quantitative estimate of drug-likeness (QED) is 0.192. The van der Waals surface area contributed by atoms with Gasteiger partial charge in [0.2, 0.25) is 15.8 Å². The monoisotopic (exact) mass is 559 g/mol. The molecule has 14 heteroatoms. The standard InChI is InChI=1S/C25H17F4N5O4S/c1-39(36,37)33-20-10-19-12(6-16(20)27)7-21(32-19)24(35)14-11-31-34(25(14)30)23-17(28)8-13(9-18(23)29)38-22-5-3-2-4-15(22)26/h2-11,32-33H,30H2,1H3. The van der Waals surface area contributed by atoms with Crippen molar-refractivity contribution in [2.75, 3.05) is 16.7 Å². The highest BCUT2D eigenvalue weighted by Gasteiger charge is 2.24. The number of ether oxygens (including phenoxy) is 1. The summed E-state index contributed by atoms with van der Waals surface area (Å²) in [6.45, 7) is 0. The molecule has 0 unspecified atom stereocenters. The summed E-state index contributed by atoms with van der Waals surface area (Å²) in [6.07, 6.45) is 1.86. The Balaban J connectivity index is 1.46. The number of para-hydroxylation sites is 1. The van der Waals surface area contributed by atoms with E-state index in [0.29, 0.717) is 4.68 Å². The van der Waals surface area contributed by atoms with Crippen LogP contribution in [0.1, 0.15) is 16.1 Å². The highest BCUT2D eigenvalue weighted by molar-refractivity contribution is 7.92. The number of aromatic amines is 1. The number of rotatable bonds is 7. The van der Waals surface area contributed by atoms with Crippen LogP contribution in [-0.2, 0) is 10.0 Å². The summed E-state index contributed by atoms with van der Waals surface area (Å²) in [7, 11) is -3.76. The second-order valence-corrected chi connectivity index (χ2v) is 10.2. The molecule has 5 rings (SSSR count). The van der Waals surface area contributed by atoms with E-state index in [9.17, 15) is 30.8 Å². The number of sulfonamides is 1. The molecule has 2 aromatic heterocycles. The molecule has 3 aromatic carbocycles. The summed E-state index contributed by atoms with van der Waals surface area (Å²) >= 11 is 0. The molecule has 0 aliphatic rings. The van der Waals surface area contributed by atoms with Gasteiger partial charge in [-0.15, -0.1) is 0 Å². The average Bonchev–Trinajstić information content (AvgIpc) is 3.42. The summed E-state index contributed by atoms with van der Waals surface area (Å²) in [4.78, 5) is 15.9. The Kier molecular flexibility index (Phi) is 6.26. The van der Waals surface area contributed by atoms with Gasteiger partial charge in [-0.1, -0.05) is 12.1 Å². The zero-order valence-electron chi connectivity index (χ0n) is 19.8. The Morgan fingerprint density at radius 3 is 2.36 bits per heavy atom. The summed E-state index contributed by atoms with van der Waals surface area (Å²) in [6, 6.07) is 10.4. The van der Waals surface area contributed by atoms with E-state index in [1.54, 1.807) is 0 Å². The van der Waals surface area contributed by atoms with E-state index in [2.05, 4.69) is 10.1 Å². The Morgan fingerprint density at radius 1 is 1.00 bits per heavy atom. The minimum absolute atomic E-state index is 0.0678. The minimum Gasteiger partial charge on any atom is -0.454 e. The number of carbonyl (C=O) groups is 1. The average molecular weight is 560 g/mol. The van der Waals surface area contributed by atoms with Crippen LogP contribution in [0.3, 0.4) is 0 Å². The van der Waals surface area contributed by atoms with E-state index in [0.717, 1.165) is 36.7 Å².